The van der Waals surface area contributed by atoms with Crippen LogP contribution in [0.3, 0.4) is 0 Å². The number of carboxylic acids is 1. The average Bonchev–Trinajstić information content (AvgIpc) is 2.92. The first kappa shape index (κ1) is 14.4. The maximum atomic E-state index is 11.6. The molecule has 114 valence electrons. The van der Waals surface area contributed by atoms with Crippen molar-refractivity contribution in [2.45, 2.75) is 34.0 Å². The number of nitrogens with zero attached hydrogens (tertiary/aromatic N) is 3. The summed E-state index contributed by atoms with van der Waals surface area (Å²) in [5.41, 5.74) is -0.608. The van der Waals surface area contributed by atoms with Crippen molar-refractivity contribution in [2.75, 3.05) is 18.1 Å². The monoisotopic (exact) mass is 289 g/mol. The maximum Gasteiger partial charge on any atom is 0.314 e. The van der Waals surface area contributed by atoms with Crippen LogP contribution in [0.25, 0.3) is 0 Å². The molecular formula is C11H19N3O6. The van der Waals surface area contributed by atoms with Crippen molar-refractivity contribution < 1.29 is 28.9 Å². The molecule has 1 aliphatic rings. The lowest BCUT2D eigenvalue weighted by Gasteiger charge is -2.32. The number of aliphatic carboxylic acids is 1. The van der Waals surface area contributed by atoms with Gasteiger partial charge in [0, 0.05) is 11.9 Å². The Morgan fingerprint density at radius 3 is 2.45 bits per heavy atom. The molecule has 2 heterocycles. The Hall–Kier alpha value is -2.06. The Bertz CT molecular complexity index is 487. The molecule has 9 nitrogen and oxygen atoms in total. The highest BCUT2D eigenvalue weighted by Gasteiger charge is 2.38. The summed E-state index contributed by atoms with van der Waals surface area (Å²) in [6.07, 6.45) is -0.803. The summed E-state index contributed by atoms with van der Waals surface area (Å²) in [6, 6.07) is 0. The zero-order valence-corrected chi connectivity index (χ0v) is 11.9. The quantitative estimate of drug-likeness (QED) is 0.597. The number of rotatable bonds is 5. The van der Waals surface area contributed by atoms with Crippen LogP contribution in [-0.2, 0) is 14.3 Å². The van der Waals surface area contributed by atoms with Gasteiger partial charge >= 0.3 is 11.9 Å². The van der Waals surface area contributed by atoms with E-state index in [1.807, 2.05) is 0 Å². The molecule has 0 spiro atoms. The van der Waals surface area contributed by atoms with Crippen molar-refractivity contribution in [3.8, 4) is 0 Å². The topological polar surface area (TPSA) is 99.1 Å². The number of hydrogen-bond acceptors (Lipinski definition) is 6. The molecule has 1 atom stereocenters. The molecule has 1 saturated heterocycles. The van der Waals surface area contributed by atoms with Gasteiger partial charge in [-0.15, -0.1) is 0 Å². The molecule has 1 fully saturated rings. The Kier molecular flexibility index (Phi) is 3.45. The molecule has 20 heavy (non-hydrogen) atoms. The summed E-state index contributed by atoms with van der Waals surface area (Å²) in [7, 11) is 0. The zero-order valence-electron chi connectivity index (χ0n) is 11.9. The van der Waals surface area contributed by atoms with E-state index in [0.29, 0.717) is 13.1 Å². The van der Waals surface area contributed by atoms with Gasteiger partial charge < -0.3 is 14.7 Å². The molecule has 0 aliphatic carbocycles. The predicted molar refractivity (Wildman–Crippen MR) is 65.4 cm³/mol. The normalized spacial score (nSPS) is 17.7. The second-order valence-corrected chi connectivity index (χ2v) is 5.81. The lowest BCUT2D eigenvalue weighted by atomic mass is 9.97. The molecule has 1 unspecified atom stereocenters. The van der Waals surface area contributed by atoms with Gasteiger partial charge in [-0.25, -0.2) is 0 Å². The highest BCUT2D eigenvalue weighted by Crippen LogP contribution is 2.18. The van der Waals surface area contributed by atoms with Gasteiger partial charge in [0.25, 0.3) is 6.29 Å². The third-order valence-electron chi connectivity index (χ3n) is 2.84. The molecule has 9 heteroatoms. The van der Waals surface area contributed by atoms with Crippen molar-refractivity contribution in [1.29, 1.82) is 0 Å². The Morgan fingerprint density at radius 1 is 1.35 bits per heavy atom. The van der Waals surface area contributed by atoms with E-state index in [4.69, 9.17) is 19.3 Å². The molecule has 1 aromatic rings. The summed E-state index contributed by atoms with van der Waals surface area (Å²) in [6.45, 7) is 7.51. The Morgan fingerprint density at radius 2 is 1.95 bits per heavy atom. The number of esters is 1. The Labute approximate surface area is 115 Å². The smallest absolute Gasteiger partial charge is 0.314 e. The number of carbonyl (C=O) groups is 2. The van der Waals surface area contributed by atoms with Crippen molar-refractivity contribution in [2.24, 2.45) is 11.3 Å². The molecule has 0 radical (unpaired) electrons. The fourth-order valence-corrected chi connectivity index (χ4v) is 1.49. The van der Waals surface area contributed by atoms with Crippen LogP contribution >= 0.6 is 0 Å². The third-order valence-corrected chi connectivity index (χ3v) is 2.84. The number of ether oxygens (including phenoxy) is 1. The minimum Gasteiger partial charge on any atom is -0.481 e. The average molecular weight is 289 g/mol. The van der Waals surface area contributed by atoms with Gasteiger partial charge in [-0.2, -0.15) is 4.63 Å². The van der Waals surface area contributed by atoms with Crippen LogP contribution in [0.4, 0.5) is 0 Å². The van der Waals surface area contributed by atoms with E-state index in [1.165, 1.54) is 4.96 Å². The van der Waals surface area contributed by atoms with E-state index < -0.39 is 23.6 Å². The van der Waals surface area contributed by atoms with Crippen LogP contribution in [0, 0.1) is 11.3 Å². The molecule has 0 aromatic carbocycles. The van der Waals surface area contributed by atoms with Crippen LogP contribution in [-0.4, -0.2) is 46.4 Å². The van der Waals surface area contributed by atoms with Crippen molar-refractivity contribution in [3.05, 3.63) is 0 Å². The first-order valence-corrected chi connectivity index (χ1v) is 6.32. The molecular weight excluding hydrogens is 270 g/mol. The van der Waals surface area contributed by atoms with E-state index in [0.717, 1.165) is 5.02 Å². The summed E-state index contributed by atoms with van der Waals surface area (Å²) < 4.78 is 10.1. The van der Waals surface area contributed by atoms with E-state index in [9.17, 15) is 9.59 Å². The number of hydrogen-bond donors (Lipinski definition) is 1. The van der Waals surface area contributed by atoms with Gasteiger partial charge in [-0.05, 0) is 20.8 Å². The van der Waals surface area contributed by atoms with Gasteiger partial charge in [0.1, 0.15) is 5.02 Å². The van der Waals surface area contributed by atoms with E-state index >= 15 is 0 Å². The van der Waals surface area contributed by atoms with Crippen LogP contribution in [0.15, 0.2) is 4.63 Å². The van der Waals surface area contributed by atoms with E-state index in [1.54, 1.807) is 32.7 Å². The molecule has 2 rings (SSSR count). The first-order chi connectivity index (χ1) is 9.18. The minimum atomic E-state index is -0.831. The van der Waals surface area contributed by atoms with Gasteiger partial charge in [0.15, 0.2) is 0 Å². The highest BCUT2D eigenvalue weighted by molar-refractivity contribution is 5.75. The second kappa shape index (κ2) is 4.80. The molecule has 1 N–H and O–H groups in total. The van der Waals surface area contributed by atoms with E-state index in [-0.39, 0.29) is 5.97 Å². The summed E-state index contributed by atoms with van der Waals surface area (Å²) >= 11 is 0. The second-order valence-electron chi connectivity index (χ2n) is 5.81. The molecule has 0 bridgehead atoms. The first-order valence-electron chi connectivity index (χ1n) is 6.32. The van der Waals surface area contributed by atoms with Crippen molar-refractivity contribution >= 4 is 11.9 Å². The lowest BCUT2D eigenvalue weighted by Crippen LogP contribution is -2.55. The van der Waals surface area contributed by atoms with Crippen LogP contribution < -0.4 is 9.85 Å². The standard InChI is InChI=1S/C11H19N3O6/c1-7(18-10(17)11(2,3)4)19-14-13(20-14)12-5-8(6-12)9(15)16/h7-8H,5-6H2,1-4H3,(H,15,16). The predicted octanol–water partition coefficient (Wildman–Crippen LogP) is -0.101. The fourth-order valence-electron chi connectivity index (χ4n) is 1.49. The zero-order chi connectivity index (χ0) is 15.1. The van der Waals surface area contributed by atoms with Crippen LogP contribution in [0.2, 0.25) is 0 Å². The molecule has 1 aromatic heterocycles. The van der Waals surface area contributed by atoms with Gasteiger partial charge in [-0.3, -0.25) is 14.6 Å². The molecule has 1 aliphatic heterocycles. The largest absolute Gasteiger partial charge is 0.481 e. The van der Waals surface area contributed by atoms with Gasteiger partial charge in [0.05, 0.1) is 24.4 Å². The number of carboxylic acid groups (broad SMARTS) is 1. The van der Waals surface area contributed by atoms with Gasteiger partial charge in [-0.1, -0.05) is 0 Å². The van der Waals surface area contributed by atoms with Crippen LogP contribution in [0.1, 0.15) is 27.7 Å². The SMILES string of the molecule is CC(OC(=O)C(C)(C)C)On1on1N1CC(C(=O)O)C1. The van der Waals surface area contributed by atoms with Crippen LogP contribution in [0.5, 0.6) is 0 Å². The summed E-state index contributed by atoms with van der Waals surface area (Å²) in [5.74, 6) is -1.60. The lowest BCUT2D eigenvalue weighted by molar-refractivity contribution is -0.189. The highest BCUT2D eigenvalue weighted by atomic mass is 17.0. The maximum absolute atomic E-state index is 11.6. The third kappa shape index (κ3) is 3.09. The summed E-state index contributed by atoms with van der Waals surface area (Å²) in [5, 5.41) is 11.4. The Balaban J connectivity index is 1.74. The van der Waals surface area contributed by atoms with E-state index in [2.05, 4.69) is 0 Å². The van der Waals surface area contributed by atoms with Crippen molar-refractivity contribution in [3.63, 3.8) is 0 Å². The number of aromatic nitrogens is 2. The minimum absolute atomic E-state index is 0.353. The fraction of sp³-hybridized carbons (Fsp3) is 0.818. The molecule has 0 saturated carbocycles. The van der Waals surface area contributed by atoms with Crippen molar-refractivity contribution in [1.82, 2.24) is 9.98 Å². The number of carbonyl (C=O) groups excluding carboxylic acids is 1. The summed E-state index contributed by atoms with van der Waals surface area (Å²) in [4.78, 5) is 28.8. The van der Waals surface area contributed by atoms with Gasteiger partial charge in [0.2, 0.25) is 0 Å². The molecule has 0 amide bonds.